The number of aryl methyl sites for hydroxylation is 1. The molecular weight excluding hydrogens is 683 g/mol. The molecule has 0 atom stereocenters. The number of nitrogens with one attached hydrogen (secondary N) is 2. The number of urea groups is 1. The maximum atomic E-state index is 13.3. The highest BCUT2D eigenvalue weighted by molar-refractivity contribution is 14.1. The van der Waals surface area contributed by atoms with E-state index in [9.17, 15) is 9.59 Å². The van der Waals surface area contributed by atoms with E-state index in [-0.39, 0.29) is 24.2 Å². The Balaban J connectivity index is 0.00000154. The maximum absolute atomic E-state index is 13.3. The summed E-state index contributed by atoms with van der Waals surface area (Å²) in [5.74, 6) is 1.48. The number of ketones is 1. The Kier molecular flexibility index (Phi) is 10.7. The first-order chi connectivity index (χ1) is 22.0. The van der Waals surface area contributed by atoms with Gasteiger partial charge in [-0.2, -0.15) is 5.10 Å². The van der Waals surface area contributed by atoms with Crippen molar-refractivity contribution in [3.63, 3.8) is 0 Å². The molecule has 2 aromatic carbocycles. The van der Waals surface area contributed by atoms with Gasteiger partial charge in [-0.05, 0) is 54.3 Å². The molecule has 0 aliphatic rings. The lowest BCUT2D eigenvalue weighted by Crippen LogP contribution is -2.21. The lowest BCUT2D eigenvalue weighted by Gasteiger charge is -2.14. The minimum Gasteiger partial charge on any atom is -0.455 e. The summed E-state index contributed by atoms with van der Waals surface area (Å²) in [6.07, 6.45) is 3.39. The Morgan fingerprint density at radius 3 is 2.47 bits per heavy atom. The standard InChI is InChI=1S/C33H34N6O4.CH3I/c1-21-8-10-23(11-9-21)39-30(19-29(38-39)33(2,3)4)37-32(41)36-27-12-13-28(31-26(27)7-6-15-35-31)43-25-14-16-34-22(18-25)17-24(40)20-42-5;1-2/h6-16,18-19H,17,20H2,1-5H3,(H2,36,37,41);1H3/i;1D. The number of pyridine rings is 2. The molecule has 3 aromatic heterocycles. The van der Waals surface area contributed by atoms with Crippen LogP contribution in [0.25, 0.3) is 16.6 Å². The van der Waals surface area contributed by atoms with Crippen molar-refractivity contribution in [1.29, 1.82) is 0 Å². The van der Waals surface area contributed by atoms with Crippen LogP contribution in [0.3, 0.4) is 0 Å². The number of Topliss-reactive ketones (excluding diaryl/α,β-unsaturated/α-hetero) is 1. The highest BCUT2D eigenvalue weighted by Crippen LogP contribution is 2.33. The average Bonchev–Trinajstić information content (AvgIpc) is 3.44. The summed E-state index contributed by atoms with van der Waals surface area (Å²) in [5, 5.41) is 11.4. The molecule has 0 bridgehead atoms. The van der Waals surface area contributed by atoms with Gasteiger partial charge in [-0.1, -0.05) is 61.1 Å². The number of hydrogen-bond donors (Lipinski definition) is 2. The summed E-state index contributed by atoms with van der Waals surface area (Å²) >= 11 is 1.96. The molecule has 10 nitrogen and oxygen atoms in total. The summed E-state index contributed by atoms with van der Waals surface area (Å²) < 4.78 is 19.0. The second-order valence-corrected chi connectivity index (χ2v) is 11.2. The summed E-state index contributed by atoms with van der Waals surface area (Å²) in [7, 11) is 1.48. The van der Waals surface area contributed by atoms with E-state index in [0.717, 1.165) is 16.9 Å². The van der Waals surface area contributed by atoms with Crippen molar-refractivity contribution >= 4 is 56.8 Å². The van der Waals surface area contributed by atoms with E-state index in [2.05, 4.69) is 41.4 Å². The zero-order valence-corrected chi connectivity index (χ0v) is 28.1. The van der Waals surface area contributed by atoms with Crippen LogP contribution in [0.4, 0.5) is 16.3 Å². The second-order valence-electron chi connectivity index (χ2n) is 11.2. The fourth-order valence-corrected chi connectivity index (χ4v) is 4.48. The van der Waals surface area contributed by atoms with Crippen molar-refractivity contribution in [2.45, 2.75) is 39.5 Å². The number of methoxy groups -OCH3 is 1. The van der Waals surface area contributed by atoms with Crippen LogP contribution in [0.5, 0.6) is 11.5 Å². The lowest BCUT2D eigenvalue weighted by molar-refractivity contribution is -0.122. The topological polar surface area (TPSA) is 120 Å². The van der Waals surface area contributed by atoms with Crippen LogP contribution < -0.4 is 15.4 Å². The van der Waals surface area contributed by atoms with Gasteiger partial charge in [0.2, 0.25) is 0 Å². The van der Waals surface area contributed by atoms with Crippen molar-refractivity contribution in [2.24, 2.45) is 0 Å². The van der Waals surface area contributed by atoms with Crippen molar-refractivity contribution in [3.05, 3.63) is 96.1 Å². The zero-order valence-electron chi connectivity index (χ0n) is 26.9. The number of fused-ring (bicyclic) bond motifs is 1. The van der Waals surface area contributed by atoms with Gasteiger partial charge in [0.15, 0.2) is 11.5 Å². The van der Waals surface area contributed by atoms with Gasteiger partial charge in [-0.3, -0.25) is 20.1 Å². The van der Waals surface area contributed by atoms with E-state index in [4.69, 9.17) is 15.9 Å². The summed E-state index contributed by atoms with van der Waals surface area (Å²) in [4.78, 5) is 34.5. The number of halogens is 1. The Morgan fingerprint density at radius 2 is 1.76 bits per heavy atom. The Labute approximate surface area is 278 Å². The van der Waals surface area contributed by atoms with Gasteiger partial charge in [0.05, 0.1) is 29.2 Å². The highest BCUT2D eigenvalue weighted by atomic mass is 127. The number of aromatic nitrogens is 4. The molecule has 0 fully saturated rings. The van der Waals surface area contributed by atoms with Gasteiger partial charge in [-0.15, -0.1) is 0 Å². The van der Waals surface area contributed by atoms with Crippen LogP contribution in [0.1, 0.15) is 39.1 Å². The number of amides is 2. The monoisotopic (exact) mass is 721 g/mol. The van der Waals surface area contributed by atoms with Crippen molar-refractivity contribution in [3.8, 4) is 17.2 Å². The molecule has 11 heteroatoms. The molecular formula is C34H37IN6O4. The molecule has 0 spiro atoms. The first-order valence-electron chi connectivity index (χ1n) is 14.8. The number of hydrogen-bond acceptors (Lipinski definition) is 7. The minimum absolute atomic E-state index is 0.0232. The molecule has 5 rings (SSSR count). The van der Waals surface area contributed by atoms with Crippen LogP contribution in [0.15, 0.2) is 79.1 Å². The summed E-state index contributed by atoms with van der Waals surface area (Å²) in [5.41, 5.74) is 4.31. The SMILES string of the molecule is COCC(=O)Cc1cc(Oc2ccc(NC(=O)Nc3cc(C(C)(C)C)nn3-c3ccc(C)cc3)c3cccnc23)ccn1.[2H]CI. The average molecular weight is 722 g/mol. The van der Waals surface area contributed by atoms with E-state index in [1.165, 1.54) is 7.11 Å². The fraction of sp³-hybridized carbons (Fsp3) is 0.265. The third kappa shape index (κ3) is 8.64. The first kappa shape index (κ1) is 32.0. The van der Waals surface area contributed by atoms with Gasteiger partial charge in [-0.25, -0.2) is 9.48 Å². The van der Waals surface area contributed by atoms with E-state index in [0.29, 0.717) is 44.5 Å². The smallest absolute Gasteiger partial charge is 0.324 e. The van der Waals surface area contributed by atoms with Gasteiger partial charge >= 0.3 is 6.03 Å². The first-order valence-corrected chi connectivity index (χ1v) is 15.7. The van der Waals surface area contributed by atoms with Crippen molar-refractivity contribution in [2.75, 3.05) is 29.3 Å². The molecule has 5 aromatic rings. The predicted molar refractivity (Wildman–Crippen MR) is 186 cm³/mol. The molecule has 234 valence electrons. The van der Waals surface area contributed by atoms with Crippen LogP contribution >= 0.6 is 22.6 Å². The number of benzene rings is 2. The quantitative estimate of drug-likeness (QED) is 0.118. The molecule has 0 saturated heterocycles. The predicted octanol–water partition coefficient (Wildman–Crippen LogP) is 7.67. The van der Waals surface area contributed by atoms with Crippen LogP contribution in [0, 0.1) is 6.92 Å². The molecule has 0 saturated carbocycles. The Morgan fingerprint density at radius 1 is 1.00 bits per heavy atom. The molecule has 2 N–H and O–H groups in total. The Bertz CT molecular complexity index is 1800. The van der Waals surface area contributed by atoms with E-state index in [1.54, 1.807) is 47.4 Å². The number of carbonyl (C=O) groups excluding carboxylic acids is 2. The number of rotatable bonds is 9. The van der Waals surface area contributed by atoms with Gasteiger partial charge in [0.25, 0.3) is 0 Å². The Hall–Kier alpha value is -4.36. The molecule has 45 heavy (non-hydrogen) atoms. The number of nitrogens with zero attached hydrogens (tertiary/aromatic N) is 4. The summed E-state index contributed by atoms with van der Waals surface area (Å²) in [6, 6.07) is 20.0. The van der Waals surface area contributed by atoms with E-state index >= 15 is 0 Å². The van der Waals surface area contributed by atoms with Crippen LogP contribution in [0.2, 0.25) is 0 Å². The molecule has 0 unspecified atom stereocenters. The fourth-order valence-electron chi connectivity index (χ4n) is 4.48. The van der Waals surface area contributed by atoms with Gasteiger partial charge < -0.3 is 14.8 Å². The number of alkyl halides is 1. The molecule has 0 aliphatic heterocycles. The van der Waals surface area contributed by atoms with Gasteiger partial charge in [0, 0.05) is 43.8 Å². The van der Waals surface area contributed by atoms with Gasteiger partial charge in [0.1, 0.15) is 23.7 Å². The minimum atomic E-state index is -0.424. The zero-order chi connectivity index (χ0) is 33.3. The molecule has 2 amide bonds. The largest absolute Gasteiger partial charge is 0.455 e. The lowest BCUT2D eigenvalue weighted by atomic mass is 9.92. The number of carbonyl (C=O) groups is 2. The van der Waals surface area contributed by atoms with E-state index < -0.39 is 6.03 Å². The third-order valence-electron chi connectivity index (χ3n) is 6.68. The maximum Gasteiger partial charge on any atom is 0.324 e. The van der Waals surface area contributed by atoms with Crippen LogP contribution in [-0.4, -0.2) is 50.2 Å². The van der Waals surface area contributed by atoms with Crippen molar-refractivity contribution in [1.82, 2.24) is 19.7 Å². The third-order valence-corrected chi connectivity index (χ3v) is 6.68. The summed E-state index contributed by atoms with van der Waals surface area (Å²) in [6.45, 7) is 8.28. The second kappa shape index (κ2) is 15.1. The normalized spacial score (nSPS) is 11.3. The molecule has 0 aliphatic carbocycles. The highest BCUT2D eigenvalue weighted by Gasteiger charge is 2.22. The van der Waals surface area contributed by atoms with Crippen LogP contribution in [-0.2, 0) is 21.4 Å². The molecule has 0 radical (unpaired) electrons. The molecule has 3 heterocycles. The van der Waals surface area contributed by atoms with E-state index in [1.807, 2.05) is 65.9 Å². The van der Waals surface area contributed by atoms with Crippen molar-refractivity contribution < 1.29 is 20.4 Å². The number of anilines is 2. The number of ether oxygens (including phenoxy) is 2.